The molecule has 0 spiro atoms. The van der Waals surface area contributed by atoms with E-state index in [0.717, 1.165) is 23.4 Å². The lowest BCUT2D eigenvalue weighted by Crippen LogP contribution is -2.58. The number of amides is 1. The van der Waals surface area contributed by atoms with Gasteiger partial charge in [-0.2, -0.15) is 0 Å². The number of aliphatic hydroxyl groups is 1. The zero-order valence-electron chi connectivity index (χ0n) is 13.6. The van der Waals surface area contributed by atoms with E-state index in [-0.39, 0.29) is 32.0 Å². The lowest BCUT2D eigenvalue weighted by Gasteiger charge is -2.37. The minimum atomic E-state index is -0.929. The van der Waals surface area contributed by atoms with Crippen LogP contribution in [0.3, 0.4) is 0 Å². The van der Waals surface area contributed by atoms with Crippen LogP contribution in [0.15, 0.2) is 42.5 Å². The van der Waals surface area contributed by atoms with Gasteiger partial charge in [-0.15, -0.1) is 0 Å². The van der Waals surface area contributed by atoms with Gasteiger partial charge in [-0.3, -0.25) is 4.79 Å². The highest BCUT2D eigenvalue weighted by Gasteiger charge is 2.36. The number of halogens is 2. The number of ether oxygens (including phenoxy) is 1. The highest BCUT2D eigenvalue weighted by molar-refractivity contribution is 5.77. The number of hydrogen-bond donors (Lipinski definition) is 2. The molecule has 25 heavy (non-hydrogen) atoms. The lowest BCUT2D eigenvalue weighted by molar-refractivity contribution is -0.124. The fourth-order valence-electron chi connectivity index (χ4n) is 2.95. The number of aliphatic hydroxyl groups excluding tert-OH is 1. The predicted octanol–water partition coefficient (Wildman–Crippen LogP) is 2.38. The number of carbonyl (C=O) groups is 1. The topological polar surface area (TPSA) is 58.6 Å². The maximum Gasteiger partial charge on any atom is 0.220 e. The molecule has 1 atom stereocenters. The molecule has 2 aromatic carbocycles. The summed E-state index contributed by atoms with van der Waals surface area (Å²) in [6.45, 7) is -0.0737. The molecule has 2 aromatic rings. The van der Waals surface area contributed by atoms with Gasteiger partial charge in [0.2, 0.25) is 5.91 Å². The Hall–Kier alpha value is -2.47. The van der Waals surface area contributed by atoms with E-state index in [2.05, 4.69) is 5.32 Å². The zero-order chi connectivity index (χ0) is 17.9. The summed E-state index contributed by atoms with van der Waals surface area (Å²) < 4.78 is 31.8. The fraction of sp³-hybridized carbons (Fsp3) is 0.316. The van der Waals surface area contributed by atoms with Gasteiger partial charge in [-0.05, 0) is 35.7 Å². The monoisotopic (exact) mass is 347 g/mol. The number of hydrogen-bond acceptors (Lipinski definition) is 3. The maximum atomic E-state index is 13.2. The molecule has 1 aliphatic rings. The number of carbonyl (C=O) groups excluding carboxylic acids is 1. The summed E-state index contributed by atoms with van der Waals surface area (Å²) in [5.41, 5.74) is 0.584. The molecule has 1 unspecified atom stereocenters. The Labute approximate surface area is 144 Å². The van der Waals surface area contributed by atoms with Gasteiger partial charge < -0.3 is 15.2 Å². The molecular formula is C19H19F2NO3. The Bertz CT molecular complexity index is 781. The molecule has 0 saturated carbocycles. The average molecular weight is 347 g/mol. The number of rotatable bonds is 5. The van der Waals surface area contributed by atoms with Crippen LogP contribution in [0.5, 0.6) is 5.75 Å². The third kappa shape index (κ3) is 3.96. The molecule has 2 N–H and O–H groups in total. The van der Waals surface area contributed by atoms with Gasteiger partial charge in [0, 0.05) is 12.8 Å². The van der Waals surface area contributed by atoms with Crippen molar-refractivity contribution >= 4 is 5.91 Å². The number of benzene rings is 2. The molecule has 3 rings (SSSR count). The van der Waals surface area contributed by atoms with E-state index in [0.29, 0.717) is 12.0 Å². The second kappa shape index (κ2) is 7.19. The quantitative estimate of drug-likeness (QED) is 0.873. The van der Waals surface area contributed by atoms with Crippen molar-refractivity contribution in [3.8, 4) is 5.75 Å². The van der Waals surface area contributed by atoms with Crippen LogP contribution in [0.1, 0.15) is 17.5 Å². The molecule has 0 aliphatic carbocycles. The van der Waals surface area contributed by atoms with Crippen molar-refractivity contribution in [3.63, 3.8) is 0 Å². The van der Waals surface area contributed by atoms with E-state index in [9.17, 15) is 18.7 Å². The van der Waals surface area contributed by atoms with Gasteiger partial charge in [0.1, 0.15) is 17.9 Å². The Morgan fingerprint density at radius 2 is 2.00 bits per heavy atom. The second-order valence-electron chi connectivity index (χ2n) is 6.31. The van der Waals surface area contributed by atoms with Crippen molar-refractivity contribution in [3.05, 3.63) is 65.2 Å². The van der Waals surface area contributed by atoms with Crippen molar-refractivity contribution in [1.29, 1.82) is 0 Å². The SMILES string of the molecule is O=C(CCc1ccc(F)c(F)c1)NC1(CO)COc2ccccc2C1. The van der Waals surface area contributed by atoms with E-state index in [4.69, 9.17) is 4.74 Å². The third-order valence-corrected chi connectivity index (χ3v) is 4.34. The molecule has 0 fully saturated rings. The lowest BCUT2D eigenvalue weighted by atomic mass is 9.89. The van der Waals surface area contributed by atoms with E-state index in [1.165, 1.54) is 6.07 Å². The first-order valence-corrected chi connectivity index (χ1v) is 8.08. The van der Waals surface area contributed by atoms with Gasteiger partial charge in [0.25, 0.3) is 0 Å². The van der Waals surface area contributed by atoms with Crippen LogP contribution in [0.4, 0.5) is 8.78 Å². The van der Waals surface area contributed by atoms with Crippen LogP contribution < -0.4 is 10.1 Å². The summed E-state index contributed by atoms with van der Waals surface area (Å²) in [4.78, 5) is 12.3. The Kier molecular flexibility index (Phi) is 4.99. The Balaban J connectivity index is 1.62. The molecule has 132 valence electrons. The van der Waals surface area contributed by atoms with Crippen LogP contribution in [-0.2, 0) is 17.6 Å². The predicted molar refractivity (Wildman–Crippen MR) is 88.3 cm³/mol. The summed E-state index contributed by atoms with van der Waals surface area (Å²) in [7, 11) is 0. The Morgan fingerprint density at radius 3 is 2.76 bits per heavy atom. The standard InChI is InChI=1S/C19H19F2NO3/c20-15-7-5-13(9-16(15)21)6-8-18(24)22-19(11-23)10-14-3-1-2-4-17(14)25-12-19/h1-5,7,9,23H,6,8,10-12H2,(H,22,24). The summed E-state index contributed by atoms with van der Waals surface area (Å²) in [5.74, 6) is -1.36. The van der Waals surface area contributed by atoms with Crippen LogP contribution in [0.2, 0.25) is 0 Å². The van der Waals surface area contributed by atoms with Gasteiger partial charge >= 0.3 is 0 Å². The van der Waals surface area contributed by atoms with E-state index >= 15 is 0 Å². The molecule has 1 heterocycles. The van der Waals surface area contributed by atoms with Crippen LogP contribution in [-0.4, -0.2) is 29.8 Å². The highest BCUT2D eigenvalue weighted by atomic mass is 19.2. The molecule has 1 amide bonds. The van der Waals surface area contributed by atoms with Crippen molar-refractivity contribution in [2.45, 2.75) is 24.8 Å². The Morgan fingerprint density at radius 1 is 1.20 bits per heavy atom. The van der Waals surface area contributed by atoms with Crippen molar-refractivity contribution in [2.75, 3.05) is 13.2 Å². The average Bonchev–Trinajstić information content (AvgIpc) is 2.62. The number of nitrogens with one attached hydrogen (secondary N) is 1. The first-order chi connectivity index (χ1) is 12.0. The smallest absolute Gasteiger partial charge is 0.220 e. The van der Waals surface area contributed by atoms with Crippen LogP contribution in [0.25, 0.3) is 0 Å². The first-order valence-electron chi connectivity index (χ1n) is 8.08. The molecule has 0 saturated heterocycles. The summed E-state index contributed by atoms with van der Waals surface area (Å²) in [6.07, 6.45) is 0.854. The summed E-state index contributed by atoms with van der Waals surface area (Å²) in [5, 5.41) is 12.6. The first kappa shape index (κ1) is 17.4. The summed E-state index contributed by atoms with van der Waals surface area (Å²) >= 11 is 0. The molecule has 1 aliphatic heterocycles. The van der Waals surface area contributed by atoms with Crippen molar-refractivity contribution in [1.82, 2.24) is 5.32 Å². The largest absolute Gasteiger partial charge is 0.491 e. The molecule has 0 radical (unpaired) electrons. The van der Waals surface area contributed by atoms with Gasteiger partial charge in [0.15, 0.2) is 11.6 Å². The zero-order valence-corrected chi connectivity index (χ0v) is 13.6. The third-order valence-electron chi connectivity index (χ3n) is 4.34. The van der Waals surface area contributed by atoms with E-state index in [1.54, 1.807) is 0 Å². The number of aryl methyl sites for hydroxylation is 1. The highest BCUT2D eigenvalue weighted by Crippen LogP contribution is 2.29. The minimum Gasteiger partial charge on any atom is -0.491 e. The maximum absolute atomic E-state index is 13.2. The molecule has 6 heteroatoms. The molecule has 0 bridgehead atoms. The van der Waals surface area contributed by atoms with Gasteiger partial charge in [-0.1, -0.05) is 24.3 Å². The molecular weight excluding hydrogens is 328 g/mol. The number of para-hydroxylation sites is 1. The minimum absolute atomic E-state index is 0.106. The number of fused-ring (bicyclic) bond motifs is 1. The molecule has 0 aromatic heterocycles. The van der Waals surface area contributed by atoms with Crippen LogP contribution in [0, 0.1) is 11.6 Å². The van der Waals surface area contributed by atoms with Gasteiger partial charge in [-0.25, -0.2) is 8.78 Å². The molecule has 4 nitrogen and oxygen atoms in total. The van der Waals surface area contributed by atoms with Gasteiger partial charge in [0.05, 0.1) is 6.61 Å². The van der Waals surface area contributed by atoms with Crippen LogP contribution >= 0.6 is 0 Å². The van der Waals surface area contributed by atoms with Crippen molar-refractivity contribution < 1.29 is 23.4 Å². The van der Waals surface area contributed by atoms with E-state index < -0.39 is 17.2 Å². The fourth-order valence-corrected chi connectivity index (χ4v) is 2.95. The van der Waals surface area contributed by atoms with Crippen molar-refractivity contribution in [2.24, 2.45) is 0 Å². The second-order valence-corrected chi connectivity index (χ2v) is 6.31. The summed E-state index contributed by atoms with van der Waals surface area (Å²) in [6, 6.07) is 11.1. The van der Waals surface area contributed by atoms with E-state index in [1.807, 2.05) is 24.3 Å². The normalized spacial score (nSPS) is 19.0.